The molecule has 2 aromatic heterocycles. The highest BCUT2D eigenvalue weighted by molar-refractivity contribution is 9.10. The monoisotopic (exact) mass is 328 g/mol. The van der Waals surface area contributed by atoms with Gasteiger partial charge < -0.3 is 5.32 Å². The topological polar surface area (TPSA) is 42.7 Å². The fourth-order valence-electron chi connectivity index (χ4n) is 1.55. The first kappa shape index (κ1) is 13.7. The van der Waals surface area contributed by atoms with Crippen molar-refractivity contribution in [2.24, 2.45) is 5.92 Å². The minimum atomic E-state index is 0.647. The van der Waals surface area contributed by atoms with E-state index in [2.05, 4.69) is 56.6 Å². The molecule has 0 aliphatic heterocycles. The van der Waals surface area contributed by atoms with Crippen molar-refractivity contribution in [3.05, 3.63) is 32.9 Å². The largest absolute Gasteiger partial charge is 0.310 e. The van der Waals surface area contributed by atoms with Crippen LogP contribution in [0.4, 0.5) is 0 Å². The maximum atomic E-state index is 4.45. The molecule has 0 spiro atoms. The van der Waals surface area contributed by atoms with E-state index in [1.54, 1.807) is 17.7 Å². The Morgan fingerprint density at radius 1 is 1.50 bits per heavy atom. The predicted molar refractivity (Wildman–Crippen MR) is 77.7 cm³/mol. The smallest absolute Gasteiger partial charge is 0.164 e. The average molecular weight is 329 g/mol. The second kappa shape index (κ2) is 6.45. The molecule has 0 radical (unpaired) electrons. The van der Waals surface area contributed by atoms with Crippen LogP contribution in [0.3, 0.4) is 0 Å². The van der Waals surface area contributed by atoms with Crippen molar-refractivity contribution in [2.75, 3.05) is 6.54 Å². The molecule has 0 atom stereocenters. The van der Waals surface area contributed by atoms with Crippen LogP contribution in [0.15, 0.2) is 22.2 Å². The number of hydrogen-bond acceptors (Lipinski definition) is 4. The highest BCUT2D eigenvalue weighted by Crippen LogP contribution is 2.23. The summed E-state index contributed by atoms with van der Waals surface area (Å²) in [5, 5.41) is 9.86. The lowest BCUT2D eigenvalue weighted by Gasteiger charge is -2.04. The molecule has 0 bridgehead atoms. The summed E-state index contributed by atoms with van der Waals surface area (Å²) in [5.74, 6) is 1.50. The quantitative estimate of drug-likeness (QED) is 0.886. The van der Waals surface area contributed by atoms with E-state index in [4.69, 9.17) is 0 Å². The van der Waals surface area contributed by atoms with Crippen molar-refractivity contribution in [1.29, 1.82) is 0 Å². The molecule has 0 fully saturated rings. The Balaban J connectivity index is 1.88. The molecule has 0 unspecified atom stereocenters. The lowest BCUT2D eigenvalue weighted by atomic mass is 10.2. The van der Waals surface area contributed by atoms with E-state index >= 15 is 0 Å². The van der Waals surface area contributed by atoms with Gasteiger partial charge in [0.25, 0.3) is 0 Å². The summed E-state index contributed by atoms with van der Waals surface area (Å²) in [6.07, 6.45) is 1.79. The molecule has 0 amide bonds. The van der Waals surface area contributed by atoms with Gasteiger partial charge in [-0.05, 0) is 39.8 Å². The fourth-order valence-corrected chi connectivity index (χ4v) is 3.02. The Bertz CT molecular complexity index is 492. The summed E-state index contributed by atoms with van der Waals surface area (Å²) >= 11 is 5.25. The molecule has 2 rings (SSSR count). The Hall–Kier alpha value is -0.720. The van der Waals surface area contributed by atoms with Gasteiger partial charge in [0.1, 0.15) is 6.33 Å². The Morgan fingerprint density at radius 2 is 2.33 bits per heavy atom. The number of nitrogens with zero attached hydrogens (tertiary/aromatic N) is 3. The van der Waals surface area contributed by atoms with E-state index in [1.807, 2.05) is 4.68 Å². The summed E-state index contributed by atoms with van der Waals surface area (Å²) in [6.45, 7) is 6.87. The summed E-state index contributed by atoms with van der Waals surface area (Å²) in [4.78, 5) is 5.57. The van der Waals surface area contributed by atoms with Crippen molar-refractivity contribution in [2.45, 2.75) is 26.9 Å². The Morgan fingerprint density at radius 3 is 3.00 bits per heavy atom. The van der Waals surface area contributed by atoms with Crippen LogP contribution in [0.25, 0.3) is 0 Å². The minimum absolute atomic E-state index is 0.647. The average Bonchev–Trinajstić information content (AvgIpc) is 2.90. The van der Waals surface area contributed by atoms with Crippen molar-refractivity contribution < 1.29 is 0 Å². The predicted octanol–water partition coefficient (Wildman–Crippen LogP) is 2.90. The zero-order valence-corrected chi connectivity index (χ0v) is 13.0. The molecule has 2 aromatic rings. The van der Waals surface area contributed by atoms with Crippen molar-refractivity contribution >= 4 is 27.3 Å². The molecule has 6 heteroatoms. The third-order valence-corrected chi connectivity index (χ3v) is 4.33. The first-order chi connectivity index (χ1) is 8.65. The minimum Gasteiger partial charge on any atom is -0.310 e. The van der Waals surface area contributed by atoms with Crippen molar-refractivity contribution in [1.82, 2.24) is 20.1 Å². The molecule has 98 valence electrons. The number of halogens is 1. The highest BCUT2D eigenvalue weighted by atomic mass is 79.9. The Kier molecular flexibility index (Phi) is 4.91. The van der Waals surface area contributed by atoms with Gasteiger partial charge in [-0.3, -0.25) is 0 Å². The third kappa shape index (κ3) is 3.90. The normalized spacial score (nSPS) is 11.3. The van der Waals surface area contributed by atoms with Crippen LogP contribution in [-0.4, -0.2) is 21.3 Å². The van der Waals surface area contributed by atoms with E-state index in [0.29, 0.717) is 5.92 Å². The van der Waals surface area contributed by atoms with Crippen LogP contribution >= 0.6 is 27.3 Å². The number of hydrogen-bond donors (Lipinski definition) is 1. The summed E-state index contributed by atoms with van der Waals surface area (Å²) in [5.41, 5.74) is 0. The SMILES string of the molecule is CC(C)CNCc1ncn(Cc2sccc2Br)n1. The molecule has 0 saturated heterocycles. The molecule has 4 nitrogen and oxygen atoms in total. The molecular weight excluding hydrogens is 312 g/mol. The van der Waals surface area contributed by atoms with Crippen LogP contribution in [-0.2, 0) is 13.1 Å². The maximum Gasteiger partial charge on any atom is 0.164 e. The van der Waals surface area contributed by atoms with Crippen LogP contribution < -0.4 is 5.32 Å². The van der Waals surface area contributed by atoms with Gasteiger partial charge in [0.2, 0.25) is 0 Å². The van der Waals surface area contributed by atoms with E-state index in [0.717, 1.165) is 29.9 Å². The highest BCUT2D eigenvalue weighted by Gasteiger charge is 2.05. The van der Waals surface area contributed by atoms with Crippen molar-refractivity contribution in [3.8, 4) is 0 Å². The van der Waals surface area contributed by atoms with E-state index in [9.17, 15) is 0 Å². The number of nitrogens with one attached hydrogen (secondary N) is 1. The number of aromatic nitrogens is 3. The van der Waals surface area contributed by atoms with Gasteiger partial charge in [-0.25, -0.2) is 9.67 Å². The maximum absolute atomic E-state index is 4.45. The lowest BCUT2D eigenvalue weighted by molar-refractivity contribution is 0.540. The number of rotatable bonds is 6. The summed E-state index contributed by atoms with van der Waals surface area (Å²) in [7, 11) is 0. The lowest BCUT2D eigenvalue weighted by Crippen LogP contribution is -2.19. The number of thiophene rings is 1. The third-order valence-electron chi connectivity index (χ3n) is 2.42. The van der Waals surface area contributed by atoms with Gasteiger partial charge >= 0.3 is 0 Å². The molecule has 0 aliphatic carbocycles. The van der Waals surface area contributed by atoms with Gasteiger partial charge in [0, 0.05) is 9.35 Å². The summed E-state index contributed by atoms with van der Waals surface area (Å²) < 4.78 is 3.02. The second-order valence-electron chi connectivity index (χ2n) is 4.57. The van der Waals surface area contributed by atoms with Gasteiger partial charge in [-0.15, -0.1) is 11.3 Å². The van der Waals surface area contributed by atoms with E-state index < -0.39 is 0 Å². The van der Waals surface area contributed by atoms with Crippen LogP contribution in [0.1, 0.15) is 24.5 Å². The molecule has 0 aromatic carbocycles. The standard InChI is InChI=1S/C12H17BrN4S/c1-9(2)5-14-6-12-15-8-17(16-12)7-11-10(13)3-4-18-11/h3-4,8-9,14H,5-7H2,1-2H3. The molecule has 0 aliphatic rings. The summed E-state index contributed by atoms with van der Waals surface area (Å²) in [6, 6.07) is 2.06. The molecule has 2 heterocycles. The van der Waals surface area contributed by atoms with Gasteiger partial charge in [0.05, 0.1) is 13.1 Å². The van der Waals surface area contributed by atoms with Gasteiger partial charge in [-0.2, -0.15) is 5.10 Å². The van der Waals surface area contributed by atoms with Crippen molar-refractivity contribution in [3.63, 3.8) is 0 Å². The van der Waals surface area contributed by atoms with Crippen LogP contribution in [0.2, 0.25) is 0 Å². The second-order valence-corrected chi connectivity index (χ2v) is 6.43. The van der Waals surface area contributed by atoms with Crippen LogP contribution in [0.5, 0.6) is 0 Å². The fraction of sp³-hybridized carbons (Fsp3) is 0.500. The van der Waals surface area contributed by atoms with Gasteiger partial charge in [-0.1, -0.05) is 13.8 Å². The molecule has 18 heavy (non-hydrogen) atoms. The van der Waals surface area contributed by atoms with Crippen LogP contribution in [0, 0.1) is 5.92 Å². The van der Waals surface area contributed by atoms with E-state index in [-0.39, 0.29) is 0 Å². The molecule has 1 N–H and O–H groups in total. The van der Waals surface area contributed by atoms with Gasteiger partial charge in [0.15, 0.2) is 5.82 Å². The zero-order chi connectivity index (χ0) is 13.0. The molecule has 0 saturated carbocycles. The zero-order valence-electron chi connectivity index (χ0n) is 10.6. The first-order valence-electron chi connectivity index (χ1n) is 5.96. The first-order valence-corrected chi connectivity index (χ1v) is 7.63. The van der Waals surface area contributed by atoms with E-state index in [1.165, 1.54) is 4.88 Å². The molecular formula is C12H17BrN4S. The Labute approximate surface area is 120 Å².